The van der Waals surface area contributed by atoms with Crippen molar-refractivity contribution < 1.29 is 14.3 Å². The molecule has 0 saturated carbocycles. The summed E-state index contributed by atoms with van der Waals surface area (Å²) in [6, 6.07) is 15.3. The van der Waals surface area contributed by atoms with Crippen molar-refractivity contribution in [3.63, 3.8) is 0 Å². The number of nitrogens with zero attached hydrogens (tertiary/aromatic N) is 1. The van der Waals surface area contributed by atoms with E-state index in [4.69, 9.17) is 4.74 Å². The Balaban J connectivity index is 1.98. The molecule has 2 N–H and O–H groups in total. The van der Waals surface area contributed by atoms with Crippen LogP contribution < -0.4 is 15.5 Å². The van der Waals surface area contributed by atoms with Gasteiger partial charge in [0.15, 0.2) is 0 Å². The van der Waals surface area contributed by atoms with E-state index in [9.17, 15) is 9.59 Å². The van der Waals surface area contributed by atoms with E-state index in [0.29, 0.717) is 43.9 Å². The van der Waals surface area contributed by atoms with Crippen LogP contribution in [0, 0.1) is 0 Å². The van der Waals surface area contributed by atoms with E-state index < -0.39 is 0 Å². The molecule has 6 nitrogen and oxygen atoms in total. The van der Waals surface area contributed by atoms with Crippen LogP contribution in [0.15, 0.2) is 48.5 Å². The van der Waals surface area contributed by atoms with Gasteiger partial charge in [-0.1, -0.05) is 30.3 Å². The number of nitrogens with one attached hydrogen (secondary N) is 2. The molecule has 0 atom stereocenters. The molecule has 29 heavy (non-hydrogen) atoms. The molecule has 0 fully saturated rings. The monoisotopic (exact) mass is 397 g/mol. The molecule has 6 heteroatoms. The normalized spacial score (nSPS) is 10.4. The Morgan fingerprint density at radius 1 is 1.07 bits per heavy atom. The predicted molar refractivity (Wildman–Crippen MR) is 118 cm³/mol. The second-order valence-electron chi connectivity index (χ2n) is 6.97. The van der Waals surface area contributed by atoms with Crippen LogP contribution in [-0.4, -0.2) is 45.7 Å². The highest BCUT2D eigenvalue weighted by Gasteiger charge is 2.14. The Morgan fingerprint density at radius 2 is 1.83 bits per heavy atom. The number of carbonyl (C=O) groups is 2. The van der Waals surface area contributed by atoms with Crippen LogP contribution in [0.4, 0.5) is 11.4 Å². The minimum absolute atomic E-state index is 0.0745. The number of carbonyl (C=O) groups excluding carboxylic acids is 2. The number of aryl methyl sites for hydroxylation is 1. The molecule has 156 valence electrons. The molecule has 2 amide bonds. The van der Waals surface area contributed by atoms with Crippen LogP contribution in [0.1, 0.15) is 35.7 Å². The third-order valence-corrected chi connectivity index (χ3v) is 4.45. The summed E-state index contributed by atoms with van der Waals surface area (Å²) < 4.78 is 5.29. The maximum absolute atomic E-state index is 12.7. The average molecular weight is 398 g/mol. The van der Waals surface area contributed by atoms with Crippen LogP contribution in [0.25, 0.3) is 0 Å². The van der Waals surface area contributed by atoms with Gasteiger partial charge in [0.05, 0.1) is 5.56 Å². The zero-order valence-electron chi connectivity index (χ0n) is 17.5. The molecule has 0 aliphatic heterocycles. The van der Waals surface area contributed by atoms with Crippen molar-refractivity contribution in [1.29, 1.82) is 0 Å². The lowest BCUT2D eigenvalue weighted by molar-refractivity contribution is -0.116. The van der Waals surface area contributed by atoms with Gasteiger partial charge in [0.1, 0.15) is 0 Å². The third kappa shape index (κ3) is 7.58. The van der Waals surface area contributed by atoms with E-state index in [1.54, 1.807) is 6.07 Å². The fourth-order valence-corrected chi connectivity index (χ4v) is 2.93. The van der Waals surface area contributed by atoms with Crippen LogP contribution in [0.3, 0.4) is 0 Å². The molecule has 0 aromatic heterocycles. The number of hydrogen-bond acceptors (Lipinski definition) is 4. The van der Waals surface area contributed by atoms with Crippen molar-refractivity contribution in [2.45, 2.75) is 26.2 Å². The highest BCUT2D eigenvalue weighted by atomic mass is 16.5. The maximum atomic E-state index is 12.7. The fourth-order valence-electron chi connectivity index (χ4n) is 2.93. The summed E-state index contributed by atoms with van der Waals surface area (Å²) >= 11 is 0. The van der Waals surface area contributed by atoms with Crippen LogP contribution >= 0.6 is 0 Å². The Bertz CT molecular complexity index is 791. The van der Waals surface area contributed by atoms with Gasteiger partial charge in [-0.3, -0.25) is 9.59 Å². The third-order valence-electron chi connectivity index (χ3n) is 4.45. The minimum Gasteiger partial charge on any atom is -0.382 e. The topological polar surface area (TPSA) is 70.7 Å². The molecule has 0 saturated heterocycles. The number of ether oxygens (including phenoxy) is 1. The quantitative estimate of drug-likeness (QED) is 0.570. The molecule has 2 aromatic rings. The number of rotatable bonds is 11. The van der Waals surface area contributed by atoms with Crippen LogP contribution in [0.2, 0.25) is 0 Å². The van der Waals surface area contributed by atoms with E-state index >= 15 is 0 Å². The van der Waals surface area contributed by atoms with E-state index in [1.165, 1.54) is 0 Å². The molecule has 2 rings (SSSR count). The first-order valence-electron chi connectivity index (χ1n) is 10.0. The zero-order valence-corrected chi connectivity index (χ0v) is 17.5. The first-order chi connectivity index (χ1) is 14.0. The lowest BCUT2D eigenvalue weighted by Crippen LogP contribution is -2.27. The van der Waals surface area contributed by atoms with Gasteiger partial charge in [0.25, 0.3) is 5.91 Å². The minimum atomic E-state index is -0.161. The van der Waals surface area contributed by atoms with Crippen molar-refractivity contribution in [2.24, 2.45) is 0 Å². The summed E-state index contributed by atoms with van der Waals surface area (Å²) in [5.74, 6) is -0.236. The molecule has 0 bridgehead atoms. The van der Waals surface area contributed by atoms with Gasteiger partial charge >= 0.3 is 0 Å². The van der Waals surface area contributed by atoms with Crippen molar-refractivity contribution >= 4 is 23.2 Å². The predicted octanol–water partition coefficient (Wildman–Crippen LogP) is 3.48. The average Bonchev–Trinajstić information content (AvgIpc) is 2.72. The molecular weight excluding hydrogens is 366 g/mol. The highest BCUT2D eigenvalue weighted by Crippen LogP contribution is 2.23. The lowest BCUT2D eigenvalue weighted by atomic mass is 10.1. The Kier molecular flexibility index (Phi) is 9.18. The van der Waals surface area contributed by atoms with Crippen molar-refractivity contribution in [2.75, 3.05) is 44.1 Å². The van der Waals surface area contributed by atoms with Gasteiger partial charge in [-0.2, -0.15) is 0 Å². The van der Waals surface area contributed by atoms with Gasteiger partial charge in [-0.05, 0) is 43.5 Å². The molecular formula is C23H31N3O3. The summed E-state index contributed by atoms with van der Waals surface area (Å²) in [5.41, 5.74) is 3.08. The number of amides is 2. The summed E-state index contributed by atoms with van der Waals surface area (Å²) in [6.07, 6.45) is 1.82. The molecule has 0 spiro atoms. The maximum Gasteiger partial charge on any atom is 0.253 e. The first-order valence-corrected chi connectivity index (χ1v) is 10.0. The van der Waals surface area contributed by atoms with E-state index in [1.807, 2.05) is 68.4 Å². The zero-order chi connectivity index (χ0) is 21.1. The van der Waals surface area contributed by atoms with Crippen LogP contribution in [0.5, 0.6) is 0 Å². The Hall–Kier alpha value is -2.86. The van der Waals surface area contributed by atoms with Gasteiger partial charge in [-0.15, -0.1) is 0 Å². The van der Waals surface area contributed by atoms with E-state index in [0.717, 1.165) is 17.7 Å². The SMILES string of the molecule is CCOCCCNC(=O)c1cc(NC(=O)CCc2ccccc2)ccc1N(C)C. The molecule has 0 aliphatic rings. The summed E-state index contributed by atoms with van der Waals surface area (Å²) in [5, 5.41) is 5.82. The Labute approximate surface area is 173 Å². The van der Waals surface area contributed by atoms with Crippen molar-refractivity contribution in [3.05, 3.63) is 59.7 Å². The summed E-state index contributed by atoms with van der Waals surface area (Å²) in [7, 11) is 3.78. The standard InChI is InChI=1S/C23H31N3O3/c1-4-29-16-8-15-24-23(28)20-17-19(12-13-21(20)26(2)3)25-22(27)14-11-18-9-6-5-7-10-18/h5-7,9-10,12-13,17H,4,8,11,14-16H2,1-3H3,(H,24,28)(H,25,27). The van der Waals surface area contributed by atoms with E-state index in [2.05, 4.69) is 10.6 Å². The van der Waals surface area contributed by atoms with Gasteiger partial charge < -0.3 is 20.3 Å². The molecule has 0 unspecified atom stereocenters. The van der Waals surface area contributed by atoms with Gasteiger partial charge in [-0.25, -0.2) is 0 Å². The fraction of sp³-hybridized carbons (Fsp3) is 0.391. The number of hydrogen-bond donors (Lipinski definition) is 2. The largest absolute Gasteiger partial charge is 0.382 e. The van der Waals surface area contributed by atoms with Crippen LogP contribution in [-0.2, 0) is 16.0 Å². The second-order valence-corrected chi connectivity index (χ2v) is 6.97. The highest BCUT2D eigenvalue weighted by molar-refractivity contribution is 6.02. The Morgan fingerprint density at radius 3 is 2.52 bits per heavy atom. The van der Waals surface area contributed by atoms with Gasteiger partial charge in [0.2, 0.25) is 5.91 Å². The second kappa shape index (κ2) is 11.9. The number of benzene rings is 2. The van der Waals surface area contributed by atoms with Gasteiger partial charge in [0, 0.05) is 51.6 Å². The van der Waals surface area contributed by atoms with Crippen molar-refractivity contribution in [1.82, 2.24) is 5.32 Å². The molecule has 0 aliphatic carbocycles. The lowest BCUT2D eigenvalue weighted by Gasteiger charge is -2.18. The summed E-state index contributed by atoms with van der Waals surface area (Å²) in [4.78, 5) is 26.9. The van der Waals surface area contributed by atoms with Crippen molar-refractivity contribution in [3.8, 4) is 0 Å². The summed E-state index contributed by atoms with van der Waals surface area (Å²) in [6.45, 7) is 3.78. The molecule has 0 radical (unpaired) electrons. The molecule has 0 heterocycles. The smallest absolute Gasteiger partial charge is 0.253 e. The molecule has 2 aromatic carbocycles. The number of anilines is 2. The van der Waals surface area contributed by atoms with E-state index in [-0.39, 0.29) is 11.8 Å². The first kappa shape index (κ1) is 22.4.